The lowest BCUT2D eigenvalue weighted by atomic mass is 10.2. The van der Waals surface area contributed by atoms with Crippen molar-refractivity contribution in [1.82, 2.24) is 4.31 Å². The summed E-state index contributed by atoms with van der Waals surface area (Å²) in [6.07, 6.45) is 3.78. The van der Waals surface area contributed by atoms with Gasteiger partial charge in [0.1, 0.15) is 5.82 Å². The van der Waals surface area contributed by atoms with Crippen LogP contribution >= 0.6 is 11.6 Å². The third-order valence-corrected chi connectivity index (χ3v) is 5.62. The largest absolute Gasteiger partial charge is 0.243 e. The first-order valence-electron chi connectivity index (χ1n) is 6.40. The van der Waals surface area contributed by atoms with E-state index < -0.39 is 15.8 Å². The summed E-state index contributed by atoms with van der Waals surface area (Å²) in [7, 11) is -3.64. The Morgan fingerprint density at radius 2 is 1.79 bits per heavy atom. The third kappa shape index (κ3) is 3.27. The minimum atomic E-state index is -3.64. The average Bonchev–Trinajstić information content (AvgIpc) is 2.68. The molecule has 0 N–H and O–H groups in total. The van der Waals surface area contributed by atoms with E-state index >= 15 is 0 Å². The Balaban J connectivity index is 2.40. The van der Waals surface area contributed by atoms with Gasteiger partial charge < -0.3 is 0 Å². The van der Waals surface area contributed by atoms with E-state index in [1.165, 1.54) is 16.4 Å². The number of halogens is 2. The minimum Gasteiger partial charge on any atom is -0.207 e. The summed E-state index contributed by atoms with van der Waals surface area (Å²) < 4.78 is 39.9. The van der Waals surface area contributed by atoms with Gasteiger partial charge in [-0.2, -0.15) is 4.31 Å². The fourth-order valence-corrected chi connectivity index (χ4v) is 4.36. The zero-order valence-electron chi connectivity index (χ0n) is 10.6. The van der Waals surface area contributed by atoms with Gasteiger partial charge in [0.15, 0.2) is 0 Å². The van der Waals surface area contributed by atoms with Crippen molar-refractivity contribution in [2.45, 2.75) is 36.5 Å². The second-order valence-corrected chi connectivity index (χ2v) is 6.88. The highest BCUT2D eigenvalue weighted by molar-refractivity contribution is 7.89. The Labute approximate surface area is 118 Å². The first kappa shape index (κ1) is 14.8. The van der Waals surface area contributed by atoms with Gasteiger partial charge in [0.25, 0.3) is 0 Å². The quantitative estimate of drug-likeness (QED) is 0.805. The number of nitrogens with zero attached hydrogens (tertiary/aromatic N) is 1. The molecule has 0 unspecified atom stereocenters. The van der Waals surface area contributed by atoms with Gasteiger partial charge in [-0.25, -0.2) is 12.8 Å². The Morgan fingerprint density at radius 1 is 1.16 bits per heavy atom. The van der Waals surface area contributed by atoms with Crippen molar-refractivity contribution in [3.05, 3.63) is 29.6 Å². The maximum atomic E-state index is 13.3. The van der Waals surface area contributed by atoms with E-state index in [-0.39, 0.29) is 10.8 Å². The van der Waals surface area contributed by atoms with Crippen molar-refractivity contribution in [3.8, 4) is 0 Å². The molecule has 2 rings (SSSR count). The van der Waals surface area contributed by atoms with Crippen LogP contribution in [0.4, 0.5) is 4.39 Å². The van der Waals surface area contributed by atoms with E-state index in [1.54, 1.807) is 0 Å². The lowest BCUT2D eigenvalue weighted by Crippen LogP contribution is -2.32. The highest BCUT2D eigenvalue weighted by Crippen LogP contribution is 2.25. The molecule has 0 spiro atoms. The lowest BCUT2D eigenvalue weighted by molar-refractivity contribution is 0.423. The molecule has 0 aromatic heterocycles. The molecule has 0 radical (unpaired) electrons. The summed E-state index contributed by atoms with van der Waals surface area (Å²) in [4.78, 5) is 0.00407. The fourth-order valence-electron chi connectivity index (χ4n) is 2.30. The van der Waals surface area contributed by atoms with Crippen molar-refractivity contribution in [2.24, 2.45) is 0 Å². The molecule has 1 heterocycles. The summed E-state index contributed by atoms with van der Waals surface area (Å²) in [5, 5.41) is 0. The molecular formula is C13H17ClFNO2S. The van der Waals surface area contributed by atoms with E-state index in [2.05, 4.69) is 0 Å². The summed E-state index contributed by atoms with van der Waals surface area (Å²) >= 11 is 5.76. The van der Waals surface area contributed by atoms with Crippen molar-refractivity contribution < 1.29 is 12.8 Å². The maximum absolute atomic E-state index is 13.3. The Bertz CT molecular complexity index is 540. The van der Waals surface area contributed by atoms with Crippen molar-refractivity contribution in [2.75, 3.05) is 13.1 Å². The molecule has 1 aliphatic rings. The molecule has 0 bridgehead atoms. The van der Waals surface area contributed by atoms with Crippen LogP contribution in [0.25, 0.3) is 0 Å². The normalized spacial score (nSPS) is 18.2. The predicted octanol–water partition coefficient (Wildman–Crippen LogP) is 3.13. The van der Waals surface area contributed by atoms with Crippen LogP contribution in [0.5, 0.6) is 0 Å². The zero-order valence-corrected chi connectivity index (χ0v) is 12.2. The molecule has 3 nitrogen and oxygen atoms in total. The molecule has 6 heteroatoms. The molecule has 19 heavy (non-hydrogen) atoms. The molecule has 1 saturated heterocycles. The highest BCUT2D eigenvalue weighted by Gasteiger charge is 2.27. The molecule has 0 aliphatic carbocycles. The molecule has 0 atom stereocenters. The van der Waals surface area contributed by atoms with Gasteiger partial charge in [0.2, 0.25) is 10.0 Å². The molecule has 0 amide bonds. The monoisotopic (exact) mass is 305 g/mol. The highest BCUT2D eigenvalue weighted by atomic mass is 35.5. The number of benzene rings is 1. The van der Waals surface area contributed by atoms with E-state index in [0.29, 0.717) is 18.7 Å². The molecular weight excluding hydrogens is 289 g/mol. The number of rotatable bonds is 3. The maximum Gasteiger partial charge on any atom is 0.243 e. The van der Waals surface area contributed by atoms with Crippen LogP contribution in [0.3, 0.4) is 0 Å². The molecule has 106 valence electrons. The number of hydrogen-bond donors (Lipinski definition) is 0. The first-order valence-corrected chi connectivity index (χ1v) is 8.37. The summed E-state index contributed by atoms with van der Waals surface area (Å²) in [6, 6.07) is 3.74. The van der Waals surface area contributed by atoms with Gasteiger partial charge >= 0.3 is 0 Å². The van der Waals surface area contributed by atoms with Crippen LogP contribution in [0.15, 0.2) is 23.1 Å². The number of sulfonamides is 1. The van der Waals surface area contributed by atoms with E-state index in [9.17, 15) is 12.8 Å². The van der Waals surface area contributed by atoms with Gasteiger partial charge in [-0.15, -0.1) is 11.6 Å². The smallest absolute Gasteiger partial charge is 0.207 e. The SMILES string of the molecule is O=S(=O)(c1cc(F)ccc1CCl)N1CCCCCC1. The van der Waals surface area contributed by atoms with Gasteiger partial charge in [0, 0.05) is 19.0 Å². The summed E-state index contributed by atoms with van der Waals surface area (Å²) in [5.41, 5.74) is 0.451. The van der Waals surface area contributed by atoms with E-state index in [4.69, 9.17) is 11.6 Å². The molecule has 1 fully saturated rings. The molecule has 1 aromatic carbocycles. The molecule has 1 aromatic rings. The van der Waals surface area contributed by atoms with Crippen LogP contribution in [-0.4, -0.2) is 25.8 Å². The standard InChI is InChI=1S/C13H17ClFNO2S/c14-10-11-5-6-12(15)9-13(11)19(17,18)16-7-3-1-2-4-8-16/h5-6,9H,1-4,7-8,10H2. The van der Waals surface area contributed by atoms with Crippen LogP contribution in [0.2, 0.25) is 0 Å². The van der Waals surface area contributed by atoms with E-state index in [1.807, 2.05) is 0 Å². The van der Waals surface area contributed by atoms with Gasteiger partial charge in [0.05, 0.1) is 4.90 Å². The Morgan fingerprint density at radius 3 is 2.37 bits per heavy atom. The Kier molecular flexibility index (Phi) is 4.81. The fraction of sp³-hybridized carbons (Fsp3) is 0.538. The van der Waals surface area contributed by atoms with Crippen molar-refractivity contribution in [1.29, 1.82) is 0 Å². The molecule has 0 saturated carbocycles. The second-order valence-electron chi connectivity index (χ2n) is 4.70. The van der Waals surface area contributed by atoms with Gasteiger partial charge in [-0.3, -0.25) is 0 Å². The minimum absolute atomic E-state index is 0.00407. The van der Waals surface area contributed by atoms with Crippen LogP contribution in [-0.2, 0) is 15.9 Å². The summed E-state index contributed by atoms with van der Waals surface area (Å²) in [5.74, 6) is -0.495. The summed E-state index contributed by atoms with van der Waals surface area (Å²) in [6.45, 7) is 1.00. The van der Waals surface area contributed by atoms with Gasteiger partial charge in [-0.1, -0.05) is 18.9 Å². The average molecular weight is 306 g/mol. The Hall–Kier alpha value is -0.650. The van der Waals surface area contributed by atoms with E-state index in [0.717, 1.165) is 31.7 Å². The second kappa shape index (κ2) is 6.20. The van der Waals surface area contributed by atoms with Gasteiger partial charge in [-0.05, 0) is 30.5 Å². The first-order chi connectivity index (χ1) is 9.05. The third-order valence-electron chi connectivity index (χ3n) is 3.36. The number of hydrogen-bond acceptors (Lipinski definition) is 2. The van der Waals surface area contributed by atoms with Crippen molar-refractivity contribution >= 4 is 21.6 Å². The lowest BCUT2D eigenvalue weighted by Gasteiger charge is -2.21. The predicted molar refractivity (Wildman–Crippen MR) is 73.2 cm³/mol. The topological polar surface area (TPSA) is 37.4 Å². The van der Waals surface area contributed by atoms with Crippen LogP contribution in [0.1, 0.15) is 31.2 Å². The van der Waals surface area contributed by atoms with Crippen LogP contribution < -0.4 is 0 Å². The molecule has 1 aliphatic heterocycles. The zero-order chi connectivity index (χ0) is 13.9. The van der Waals surface area contributed by atoms with Crippen molar-refractivity contribution in [3.63, 3.8) is 0 Å². The van der Waals surface area contributed by atoms with Crippen LogP contribution in [0, 0.1) is 5.82 Å². The number of alkyl halides is 1.